The van der Waals surface area contributed by atoms with Crippen molar-refractivity contribution >= 4 is 35.6 Å². The van der Waals surface area contributed by atoms with Crippen molar-refractivity contribution in [3.8, 4) is 5.69 Å². The van der Waals surface area contributed by atoms with Gasteiger partial charge >= 0.3 is 0 Å². The fourth-order valence-corrected chi connectivity index (χ4v) is 2.50. The number of aromatic nitrogens is 1. The molecule has 0 saturated heterocycles. The number of hydrazine groups is 1. The van der Waals surface area contributed by atoms with Gasteiger partial charge in [0.1, 0.15) is 5.69 Å². The summed E-state index contributed by atoms with van der Waals surface area (Å²) in [6.45, 7) is 0. The van der Waals surface area contributed by atoms with Crippen molar-refractivity contribution in [2.75, 3.05) is 18.6 Å². The second kappa shape index (κ2) is 7.62. The SMILES string of the molecule is CSNN(C)C(=O)c1cc(-n2cccc2)c([N+](=O)[O-])cc1NC=O. The fraction of sp³-hybridized carbons (Fsp3) is 0.143. The Bertz CT molecular complexity index is 763. The Hall–Kier alpha value is -2.85. The molecule has 0 atom stereocenters. The molecular formula is C14H15N5O4S. The van der Waals surface area contributed by atoms with E-state index in [0.29, 0.717) is 6.41 Å². The van der Waals surface area contributed by atoms with Crippen LogP contribution in [0.15, 0.2) is 36.7 Å². The molecule has 9 nitrogen and oxygen atoms in total. The number of hydrogen-bond donors (Lipinski definition) is 2. The predicted molar refractivity (Wildman–Crippen MR) is 90.9 cm³/mol. The van der Waals surface area contributed by atoms with Gasteiger partial charge in [-0.2, -0.15) is 4.83 Å². The summed E-state index contributed by atoms with van der Waals surface area (Å²) in [5.41, 5.74) is 0.183. The van der Waals surface area contributed by atoms with E-state index < -0.39 is 10.8 Å². The number of amides is 2. The van der Waals surface area contributed by atoms with Crippen LogP contribution in [0.3, 0.4) is 0 Å². The van der Waals surface area contributed by atoms with E-state index >= 15 is 0 Å². The first-order valence-electron chi connectivity index (χ1n) is 6.72. The van der Waals surface area contributed by atoms with E-state index in [1.807, 2.05) is 0 Å². The summed E-state index contributed by atoms with van der Waals surface area (Å²) in [4.78, 5) is 36.9. The summed E-state index contributed by atoms with van der Waals surface area (Å²) in [7, 11) is 1.51. The number of nitrogens with one attached hydrogen (secondary N) is 2. The molecule has 126 valence electrons. The van der Waals surface area contributed by atoms with Crippen molar-refractivity contribution < 1.29 is 14.5 Å². The highest BCUT2D eigenvalue weighted by molar-refractivity contribution is 7.96. The van der Waals surface area contributed by atoms with Gasteiger partial charge in [-0.05, 0) is 24.5 Å². The number of nitro groups is 1. The van der Waals surface area contributed by atoms with Crippen LogP contribution in [0, 0.1) is 10.1 Å². The Balaban J connectivity index is 2.64. The van der Waals surface area contributed by atoms with Crippen LogP contribution in [0.2, 0.25) is 0 Å². The zero-order chi connectivity index (χ0) is 17.7. The Labute approximate surface area is 141 Å². The molecule has 2 amide bonds. The third-order valence-corrected chi connectivity index (χ3v) is 3.63. The lowest BCUT2D eigenvalue weighted by molar-refractivity contribution is -0.384. The molecule has 0 unspecified atom stereocenters. The van der Waals surface area contributed by atoms with Gasteiger partial charge in [0, 0.05) is 25.5 Å². The van der Waals surface area contributed by atoms with Crippen LogP contribution in [0.25, 0.3) is 5.69 Å². The Kier molecular flexibility index (Phi) is 5.55. The van der Waals surface area contributed by atoms with Crippen molar-refractivity contribution in [1.82, 2.24) is 14.4 Å². The summed E-state index contributed by atoms with van der Waals surface area (Å²) >= 11 is 1.21. The minimum atomic E-state index is -0.566. The van der Waals surface area contributed by atoms with E-state index in [9.17, 15) is 19.7 Å². The monoisotopic (exact) mass is 349 g/mol. The highest BCUT2D eigenvalue weighted by atomic mass is 32.2. The van der Waals surface area contributed by atoms with Crippen LogP contribution >= 0.6 is 11.9 Å². The maximum absolute atomic E-state index is 12.5. The van der Waals surface area contributed by atoms with Gasteiger partial charge in [0.15, 0.2) is 0 Å². The highest BCUT2D eigenvalue weighted by Crippen LogP contribution is 2.31. The molecule has 0 fully saturated rings. The third-order valence-electron chi connectivity index (χ3n) is 3.17. The summed E-state index contributed by atoms with van der Waals surface area (Å²) in [6, 6.07) is 5.98. The molecule has 0 saturated carbocycles. The van der Waals surface area contributed by atoms with E-state index in [2.05, 4.69) is 10.1 Å². The zero-order valence-electron chi connectivity index (χ0n) is 12.9. The van der Waals surface area contributed by atoms with Crippen LogP contribution in [0.1, 0.15) is 10.4 Å². The quantitative estimate of drug-likeness (QED) is 0.341. The molecule has 0 spiro atoms. The standard InChI is InChI=1S/C14H15N5O4S/c1-17(16-24-2)14(21)10-7-12(18-5-3-4-6-18)13(19(22)23)8-11(10)15-9-20/h3-9,16H,1-2H3,(H,15,20). The molecule has 2 N–H and O–H groups in total. The minimum absolute atomic E-state index is 0.0624. The maximum atomic E-state index is 12.5. The molecule has 2 rings (SSSR count). The summed E-state index contributed by atoms with van der Waals surface area (Å²) in [5, 5.41) is 14.9. The highest BCUT2D eigenvalue weighted by Gasteiger charge is 2.24. The van der Waals surface area contributed by atoms with Gasteiger partial charge in [-0.25, -0.2) is 0 Å². The number of carbonyl (C=O) groups excluding carboxylic acids is 2. The Morgan fingerprint density at radius 3 is 2.58 bits per heavy atom. The summed E-state index contributed by atoms with van der Waals surface area (Å²) in [5.74, 6) is -0.447. The van der Waals surface area contributed by atoms with E-state index in [4.69, 9.17) is 0 Å². The largest absolute Gasteiger partial charge is 0.328 e. The topological polar surface area (TPSA) is 110 Å². The molecule has 10 heteroatoms. The van der Waals surface area contributed by atoms with Gasteiger partial charge < -0.3 is 9.88 Å². The van der Waals surface area contributed by atoms with Crippen molar-refractivity contribution in [2.24, 2.45) is 0 Å². The van der Waals surface area contributed by atoms with E-state index in [0.717, 1.165) is 0 Å². The summed E-state index contributed by atoms with van der Waals surface area (Å²) in [6.07, 6.45) is 5.38. The molecule has 24 heavy (non-hydrogen) atoms. The van der Waals surface area contributed by atoms with Crippen LogP contribution < -0.4 is 10.1 Å². The number of nitro benzene ring substituents is 1. The molecule has 1 aromatic heterocycles. The van der Waals surface area contributed by atoms with Gasteiger partial charge in [-0.1, -0.05) is 11.9 Å². The summed E-state index contributed by atoms with van der Waals surface area (Å²) < 4.78 is 1.53. The van der Waals surface area contributed by atoms with Crippen LogP contribution in [-0.4, -0.2) is 40.1 Å². The molecule has 1 heterocycles. The van der Waals surface area contributed by atoms with E-state index in [1.165, 1.54) is 40.7 Å². The van der Waals surface area contributed by atoms with Crippen molar-refractivity contribution in [2.45, 2.75) is 0 Å². The fourth-order valence-electron chi connectivity index (χ4n) is 2.14. The molecule has 1 aromatic carbocycles. The van der Waals surface area contributed by atoms with E-state index in [-0.39, 0.29) is 22.6 Å². The maximum Gasteiger partial charge on any atom is 0.295 e. The predicted octanol–water partition coefficient (Wildman–Crippen LogP) is 1.81. The number of carbonyl (C=O) groups is 2. The Morgan fingerprint density at radius 2 is 2.04 bits per heavy atom. The first-order chi connectivity index (χ1) is 11.5. The average Bonchev–Trinajstić information content (AvgIpc) is 3.08. The van der Waals surface area contributed by atoms with Gasteiger partial charge in [-0.15, -0.1) is 0 Å². The van der Waals surface area contributed by atoms with Crippen LogP contribution in [-0.2, 0) is 4.79 Å². The van der Waals surface area contributed by atoms with Gasteiger partial charge in [0.05, 0.1) is 16.2 Å². The minimum Gasteiger partial charge on any atom is -0.328 e. The smallest absolute Gasteiger partial charge is 0.295 e. The second-order valence-electron chi connectivity index (χ2n) is 4.66. The number of rotatable bonds is 7. The van der Waals surface area contributed by atoms with Crippen molar-refractivity contribution in [1.29, 1.82) is 0 Å². The number of benzene rings is 1. The van der Waals surface area contributed by atoms with E-state index in [1.54, 1.807) is 30.8 Å². The second-order valence-corrected chi connectivity index (χ2v) is 5.25. The molecule has 2 aromatic rings. The molecule has 0 aliphatic rings. The normalized spacial score (nSPS) is 10.2. The average molecular weight is 349 g/mol. The lowest BCUT2D eigenvalue weighted by Gasteiger charge is -2.19. The molecule has 0 radical (unpaired) electrons. The Morgan fingerprint density at radius 1 is 1.38 bits per heavy atom. The molecule has 0 aliphatic heterocycles. The zero-order valence-corrected chi connectivity index (χ0v) is 13.7. The number of nitrogens with zero attached hydrogens (tertiary/aromatic N) is 3. The first-order valence-corrected chi connectivity index (χ1v) is 7.94. The van der Waals surface area contributed by atoms with Gasteiger partial charge in [-0.3, -0.25) is 24.7 Å². The van der Waals surface area contributed by atoms with Crippen LogP contribution in [0.4, 0.5) is 11.4 Å². The number of hydrogen-bond acceptors (Lipinski definition) is 6. The third kappa shape index (κ3) is 3.55. The molecule has 0 bridgehead atoms. The van der Waals surface area contributed by atoms with Gasteiger partial charge in [0.2, 0.25) is 6.41 Å². The van der Waals surface area contributed by atoms with Crippen molar-refractivity contribution in [3.63, 3.8) is 0 Å². The van der Waals surface area contributed by atoms with Crippen LogP contribution in [0.5, 0.6) is 0 Å². The molecule has 0 aliphatic carbocycles. The molecular weight excluding hydrogens is 334 g/mol. The lowest BCUT2D eigenvalue weighted by Crippen LogP contribution is -2.35. The van der Waals surface area contributed by atoms with Crippen molar-refractivity contribution in [3.05, 3.63) is 52.3 Å². The first kappa shape index (κ1) is 17.5. The van der Waals surface area contributed by atoms with Gasteiger partial charge in [0.25, 0.3) is 11.6 Å². The number of anilines is 1. The lowest BCUT2D eigenvalue weighted by atomic mass is 10.1.